The summed E-state index contributed by atoms with van der Waals surface area (Å²) in [5.41, 5.74) is 1.87. The standard InChI is InChI=1S/C31H42O13/c1-16(2)21(34)11-5-17(3)13-14-40-30-27(39)29(44-31-26(38)25(37)24(36)18(4)41-31)28(22(15-32)42-30)43-23(35)12-8-19-6-9-20(33)10-7-19/h6-10,12-13,18,22,24-33,36-39H,1,5,11,14-15H2,2-4H3/b12-8+,17-13+/t18-,22+,24-,25+,26+,27+,28+,29+,30+,31-/m0/s1. The molecule has 44 heavy (non-hydrogen) atoms. The summed E-state index contributed by atoms with van der Waals surface area (Å²) >= 11 is 0. The van der Waals surface area contributed by atoms with Crippen molar-refractivity contribution in [3.05, 3.63) is 59.7 Å². The fraction of sp³-hybridized carbons (Fsp3) is 0.548. The Bertz CT molecular complexity index is 1180. The van der Waals surface area contributed by atoms with Gasteiger partial charge in [0.15, 0.2) is 24.5 Å². The van der Waals surface area contributed by atoms with Gasteiger partial charge >= 0.3 is 5.97 Å². The molecule has 244 valence electrons. The molecule has 2 heterocycles. The van der Waals surface area contributed by atoms with Gasteiger partial charge < -0.3 is 54.3 Å². The van der Waals surface area contributed by atoms with E-state index in [0.717, 1.165) is 11.6 Å². The molecular formula is C31H42O13. The summed E-state index contributed by atoms with van der Waals surface area (Å²) in [6.45, 7) is 7.79. The minimum atomic E-state index is -1.73. The van der Waals surface area contributed by atoms with Gasteiger partial charge in [-0.3, -0.25) is 4.79 Å². The molecule has 0 radical (unpaired) electrons. The highest BCUT2D eigenvalue weighted by molar-refractivity contribution is 5.94. The van der Waals surface area contributed by atoms with Crippen molar-refractivity contribution in [2.75, 3.05) is 13.2 Å². The number of rotatable bonds is 13. The Balaban J connectivity index is 1.78. The average molecular weight is 623 g/mol. The maximum atomic E-state index is 12.8. The average Bonchev–Trinajstić information content (AvgIpc) is 2.99. The molecule has 10 atom stereocenters. The lowest BCUT2D eigenvalue weighted by molar-refractivity contribution is -0.356. The van der Waals surface area contributed by atoms with E-state index >= 15 is 0 Å². The van der Waals surface area contributed by atoms with Gasteiger partial charge in [-0.25, -0.2) is 4.79 Å². The van der Waals surface area contributed by atoms with Crippen LogP contribution < -0.4 is 0 Å². The molecule has 0 bridgehead atoms. The third kappa shape index (κ3) is 9.51. The second-order valence-corrected chi connectivity index (χ2v) is 10.9. The van der Waals surface area contributed by atoms with Crippen LogP contribution in [0.2, 0.25) is 0 Å². The Morgan fingerprint density at radius 2 is 1.61 bits per heavy atom. The minimum absolute atomic E-state index is 0.0447. The van der Waals surface area contributed by atoms with Crippen LogP contribution in [-0.4, -0.2) is 117 Å². The van der Waals surface area contributed by atoms with Crippen LogP contribution in [0.4, 0.5) is 0 Å². The van der Waals surface area contributed by atoms with Crippen LogP contribution in [0.25, 0.3) is 6.08 Å². The van der Waals surface area contributed by atoms with Gasteiger partial charge in [-0.1, -0.05) is 30.4 Å². The second kappa shape index (κ2) is 16.4. The van der Waals surface area contributed by atoms with Crippen molar-refractivity contribution in [3.63, 3.8) is 0 Å². The van der Waals surface area contributed by atoms with E-state index in [2.05, 4.69) is 6.58 Å². The zero-order chi connectivity index (χ0) is 32.6. The molecule has 1 aromatic carbocycles. The van der Waals surface area contributed by atoms with E-state index in [0.29, 0.717) is 17.6 Å². The Labute approximate surface area is 255 Å². The Morgan fingerprint density at radius 1 is 0.932 bits per heavy atom. The predicted octanol–water partition coefficient (Wildman–Crippen LogP) is 0.496. The first-order valence-electron chi connectivity index (χ1n) is 14.3. The highest BCUT2D eigenvalue weighted by Gasteiger charge is 2.52. The van der Waals surface area contributed by atoms with Crippen LogP contribution in [0.3, 0.4) is 0 Å². The summed E-state index contributed by atoms with van der Waals surface area (Å²) < 4.78 is 28.4. The number of Topliss-reactive ketones (excluding diaryl/α,β-unsaturated/α-hetero) is 1. The zero-order valence-corrected chi connectivity index (χ0v) is 24.9. The molecule has 13 heteroatoms. The van der Waals surface area contributed by atoms with E-state index in [1.165, 1.54) is 25.1 Å². The number of hydrogen-bond acceptors (Lipinski definition) is 13. The molecule has 0 spiro atoms. The first-order chi connectivity index (χ1) is 20.8. The van der Waals surface area contributed by atoms with E-state index < -0.39 is 74.0 Å². The molecular weight excluding hydrogens is 580 g/mol. The Kier molecular flexibility index (Phi) is 13.2. The van der Waals surface area contributed by atoms with Crippen LogP contribution in [0, 0.1) is 0 Å². The summed E-state index contributed by atoms with van der Waals surface area (Å²) in [7, 11) is 0. The normalized spacial score (nSPS) is 32.9. The monoisotopic (exact) mass is 622 g/mol. The van der Waals surface area contributed by atoms with Crippen molar-refractivity contribution < 1.29 is 63.9 Å². The van der Waals surface area contributed by atoms with E-state index in [4.69, 9.17) is 23.7 Å². The number of aliphatic hydroxyl groups is 5. The highest BCUT2D eigenvalue weighted by Crippen LogP contribution is 2.31. The van der Waals surface area contributed by atoms with Crippen molar-refractivity contribution in [2.24, 2.45) is 0 Å². The summed E-state index contributed by atoms with van der Waals surface area (Å²) in [4.78, 5) is 24.6. The summed E-state index contributed by atoms with van der Waals surface area (Å²) in [5, 5.41) is 61.7. The number of hydrogen-bond donors (Lipinski definition) is 6. The summed E-state index contributed by atoms with van der Waals surface area (Å²) in [5.74, 6) is -0.904. The van der Waals surface area contributed by atoms with Gasteiger partial charge in [0, 0.05) is 12.5 Å². The fourth-order valence-electron chi connectivity index (χ4n) is 4.59. The van der Waals surface area contributed by atoms with Crippen molar-refractivity contribution in [3.8, 4) is 5.75 Å². The lowest BCUT2D eigenvalue weighted by Gasteiger charge is -2.46. The maximum Gasteiger partial charge on any atom is 0.331 e. The molecule has 2 aliphatic heterocycles. The van der Waals surface area contributed by atoms with E-state index in [9.17, 15) is 40.2 Å². The van der Waals surface area contributed by atoms with Crippen molar-refractivity contribution in [1.29, 1.82) is 0 Å². The molecule has 0 saturated carbocycles. The van der Waals surface area contributed by atoms with E-state index in [1.54, 1.807) is 32.1 Å². The number of phenolic OH excluding ortho intramolecular Hbond substituents is 1. The first kappa shape index (κ1) is 35.5. The highest BCUT2D eigenvalue weighted by atomic mass is 16.7. The molecule has 2 saturated heterocycles. The summed E-state index contributed by atoms with van der Waals surface area (Å²) in [6.07, 6.45) is -9.60. The topological polar surface area (TPSA) is 202 Å². The van der Waals surface area contributed by atoms with Gasteiger partial charge in [0.1, 0.15) is 42.4 Å². The van der Waals surface area contributed by atoms with E-state index in [-0.39, 0.29) is 24.6 Å². The van der Waals surface area contributed by atoms with Gasteiger partial charge in [-0.2, -0.15) is 0 Å². The van der Waals surface area contributed by atoms with Crippen LogP contribution in [0.1, 0.15) is 39.2 Å². The number of aromatic hydroxyl groups is 1. The van der Waals surface area contributed by atoms with Crippen LogP contribution in [-0.2, 0) is 33.3 Å². The molecule has 13 nitrogen and oxygen atoms in total. The maximum absolute atomic E-state index is 12.8. The molecule has 3 rings (SSSR count). The molecule has 1 aromatic rings. The third-order valence-electron chi connectivity index (χ3n) is 7.37. The van der Waals surface area contributed by atoms with Crippen molar-refractivity contribution in [1.82, 2.24) is 0 Å². The molecule has 0 aliphatic carbocycles. The van der Waals surface area contributed by atoms with Gasteiger partial charge in [0.05, 0.1) is 19.3 Å². The van der Waals surface area contributed by atoms with Crippen molar-refractivity contribution in [2.45, 2.75) is 95.0 Å². The molecule has 0 unspecified atom stereocenters. The number of phenols is 1. The van der Waals surface area contributed by atoms with Gasteiger partial charge in [-0.15, -0.1) is 0 Å². The van der Waals surface area contributed by atoms with Gasteiger partial charge in [0.2, 0.25) is 0 Å². The molecule has 2 fully saturated rings. The number of ether oxygens (including phenoxy) is 5. The number of aliphatic hydroxyl groups excluding tert-OH is 5. The third-order valence-corrected chi connectivity index (χ3v) is 7.37. The molecule has 0 amide bonds. The SMILES string of the molecule is C=C(C)C(=O)CC/C(C)=C/CO[C@@H]1O[C@H](CO)[C@@H](OC(=O)/C=C/c2ccc(O)cc2)[C@H](O[C@@H]2O[C@@H](C)[C@H](O)[C@@H](O)[C@H]2O)[C@H]1O. The molecule has 6 N–H and O–H groups in total. The zero-order valence-electron chi connectivity index (χ0n) is 24.9. The van der Waals surface area contributed by atoms with Crippen molar-refractivity contribution >= 4 is 17.8 Å². The Morgan fingerprint density at radius 3 is 2.25 bits per heavy atom. The predicted molar refractivity (Wildman–Crippen MR) is 155 cm³/mol. The fourth-order valence-corrected chi connectivity index (χ4v) is 4.59. The lowest BCUT2D eigenvalue weighted by Crippen LogP contribution is -2.65. The number of carbonyl (C=O) groups is 2. The quantitative estimate of drug-likeness (QED) is 0.101. The van der Waals surface area contributed by atoms with Gasteiger partial charge in [0.25, 0.3) is 0 Å². The van der Waals surface area contributed by atoms with E-state index in [1.807, 2.05) is 0 Å². The lowest BCUT2D eigenvalue weighted by atomic mass is 9.97. The first-order valence-corrected chi connectivity index (χ1v) is 14.3. The Hall–Kier alpha value is -2.98. The minimum Gasteiger partial charge on any atom is -0.508 e. The molecule has 2 aliphatic rings. The van der Waals surface area contributed by atoms with Crippen LogP contribution >= 0.6 is 0 Å². The van der Waals surface area contributed by atoms with Crippen LogP contribution in [0.15, 0.2) is 54.1 Å². The number of esters is 1. The number of benzene rings is 1. The van der Waals surface area contributed by atoms with Gasteiger partial charge in [-0.05, 0) is 56.5 Å². The molecule has 0 aromatic heterocycles. The van der Waals surface area contributed by atoms with Crippen LogP contribution in [0.5, 0.6) is 5.75 Å². The number of ketones is 1. The largest absolute Gasteiger partial charge is 0.508 e. The smallest absolute Gasteiger partial charge is 0.331 e. The number of allylic oxidation sites excluding steroid dienone is 2. The second-order valence-electron chi connectivity index (χ2n) is 10.9. The summed E-state index contributed by atoms with van der Waals surface area (Å²) in [6, 6.07) is 5.99. The number of carbonyl (C=O) groups excluding carboxylic acids is 2.